The second-order valence-corrected chi connectivity index (χ2v) is 6.05. The number of benzene rings is 1. The first-order chi connectivity index (χ1) is 11.0. The van der Waals surface area contributed by atoms with Gasteiger partial charge in [0.1, 0.15) is 17.1 Å². The fraction of sp³-hybridized carbons (Fsp3) is 0.368. The smallest absolute Gasteiger partial charge is 0.342 e. The normalized spacial score (nSPS) is 13.0. The molecule has 0 unspecified atom stereocenters. The van der Waals surface area contributed by atoms with E-state index >= 15 is 0 Å². The zero-order chi connectivity index (χ0) is 16.6. The van der Waals surface area contributed by atoms with Crippen LogP contribution in [0.1, 0.15) is 55.3 Å². The first kappa shape index (κ1) is 15.5. The molecule has 4 nitrogen and oxygen atoms in total. The highest BCUT2D eigenvalue weighted by Crippen LogP contribution is 2.24. The third-order valence-electron chi connectivity index (χ3n) is 4.52. The molecule has 0 radical (unpaired) electrons. The van der Waals surface area contributed by atoms with Crippen LogP contribution in [0.4, 0.5) is 0 Å². The van der Waals surface area contributed by atoms with Crippen molar-refractivity contribution in [3.63, 3.8) is 0 Å². The Kier molecular flexibility index (Phi) is 4.07. The fourth-order valence-electron chi connectivity index (χ4n) is 3.13. The minimum Gasteiger partial charge on any atom is -0.465 e. The van der Waals surface area contributed by atoms with Gasteiger partial charge in [0, 0.05) is 11.1 Å². The lowest BCUT2D eigenvalue weighted by Crippen LogP contribution is -2.15. The summed E-state index contributed by atoms with van der Waals surface area (Å²) in [6.45, 7) is 5.08. The fourth-order valence-corrected chi connectivity index (χ4v) is 3.13. The quantitative estimate of drug-likeness (QED) is 0.637. The van der Waals surface area contributed by atoms with Gasteiger partial charge in [0.05, 0.1) is 0 Å². The lowest BCUT2D eigenvalue weighted by molar-refractivity contribution is 0.0472. The number of rotatable bonds is 4. The number of carbonyl (C=O) groups excluding carboxylic acids is 2. The molecule has 1 aliphatic rings. The van der Waals surface area contributed by atoms with Crippen LogP contribution >= 0.6 is 0 Å². The third-order valence-corrected chi connectivity index (χ3v) is 4.52. The highest BCUT2D eigenvalue weighted by Gasteiger charge is 2.21. The molecule has 0 saturated carbocycles. The summed E-state index contributed by atoms with van der Waals surface area (Å²) in [5.41, 5.74) is 4.34. The zero-order valence-corrected chi connectivity index (χ0v) is 13.7. The van der Waals surface area contributed by atoms with Crippen LogP contribution in [0.25, 0.3) is 0 Å². The van der Waals surface area contributed by atoms with Crippen LogP contribution in [-0.4, -0.2) is 18.4 Å². The molecule has 0 bridgehead atoms. The van der Waals surface area contributed by atoms with Gasteiger partial charge in [0.15, 0.2) is 12.4 Å². The average Bonchev–Trinajstić information content (AvgIpc) is 3.08. The molecule has 2 aromatic rings. The SMILES string of the molecule is Cc1oc(C)c(C(=O)OCC(=O)c2ccc3c(c2)CCC3)c1C. The number of furan rings is 1. The Bertz CT molecular complexity index is 783. The van der Waals surface area contributed by atoms with Crippen molar-refractivity contribution >= 4 is 11.8 Å². The molecule has 0 amide bonds. The molecule has 1 aromatic carbocycles. The van der Waals surface area contributed by atoms with Crippen LogP contribution in [-0.2, 0) is 17.6 Å². The van der Waals surface area contributed by atoms with Gasteiger partial charge in [0.25, 0.3) is 0 Å². The molecule has 1 aliphatic carbocycles. The molecule has 23 heavy (non-hydrogen) atoms. The van der Waals surface area contributed by atoms with Crippen molar-refractivity contribution in [1.82, 2.24) is 0 Å². The van der Waals surface area contributed by atoms with Crippen LogP contribution in [0, 0.1) is 20.8 Å². The predicted molar refractivity (Wildman–Crippen MR) is 86.0 cm³/mol. The number of aryl methyl sites for hydroxylation is 4. The van der Waals surface area contributed by atoms with Gasteiger partial charge < -0.3 is 9.15 Å². The van der Waals surface area contributed by atoms with E-state index in [-0.39, 0.29) is 12.4 Å². The summed E-state index contributed by atoms with van der Waals surface area (Å²) >= 11 is 0. The molecular formula is C19H20O4. The van der Waals surface area contributed by atoms with E-state index in [1.807, 2.05) is 25.1 Å². The van der Waals surface area contributed by atoms with E-state index < -0.39 is 5.97 Å². The van der Waals surface area contributed by atoms with Gasteiger partial charge in [-0.15, -0.1) is 0 Å². The molecule has 1 heterocycles. The number of Topliss-reactive ketones (excluding diaryl/α,β-unsaturated/α-hetero) is 1. The van der Waals surface area contributed by atoms with Gasteiger partial charge in [0.2, 0.25) is 0 Å². The monoisotopic (exact) mass is 312 g/mol. The number of esters is 1. The first-order valence-corrected chi connectivity index (χ1v) is 7.86. The predicted octanol–water partition coefficient (Wildman–Crippen LogP) is 3.73. The lowest BCUT2D eigenvalue weighted by Gasteiger charge is -2.06. The van der Waals surface area contributed by atoms with E-state index in [1.54, 1.807) is 13.8 Å². The Morgan fingerprint density at radius 2 is 1.83 bits per heavy atom. The third kappa shape index (κ3) is 2.93. The van der Waals surface area contributed by atoms with Gasteiger partial charge in [-0.3, -0.25) is 4.79 Å². The van der Waals surface area contributed by atoms with Crippen LogP contribution < -0.4 is 0 Å². The largest absolute Gasteiger partial charge is 0.465 e. The average molecular weight is 312 g/mol. The highest BCUT2D eigenvalue weighted by atomic mass is 16.5. The van der Waals surface area contributed by atoms with Gasteiger partial charge in [-0.05, 0) is 57.2 Å². The standard InChI is InChI=1S/C19H20O4/c1-11-12(2)23-13(3)18(11)19(21)22-10-17(20)16-8-7-14-5-4-6-15(14)9-16/h7-9H,4-6,10H2,1-3H3. The second-order valence-electron chi connectivity index (χ2n) is 6.05. The van der Waals surface area contributed by atoms with E-state index in [0.29, 0.717) is 22.6 Å². The van der Waals surface area contributed by atoms with Gasteiger partial charge in [-0.1, -0.05) is 12.1 Å². The second kappa shape index (κ2) is 6.03. The molecule has 1 aromatic heterocycles. The summed E-state index contributed by atoms with van der Waals surface area (Å²) < 4.78 is 10.6. The maximum atomic E-state index is 12.3. The Balaban J connectivity index is 1.68. The summed E-state index contributed by atoms with van der Waals surface area (Å²) in [5, 5.41) is 0. The Morgan fingerprint density at radius 3 is 2.52 bits per heavy atom. The number of fused-ring (bicyclic) bond motifs is 1. The molecule has 0 atom stereocenters. The van der Waals surface area contributed by atoms with Gasteiger partial charge in [-0.25, -0.2) is 4.79 Å². The maximum Gasteiger partial charge on any atom is 0.342 e. The van der Waals surface area contributed by atoms with E-state index in [0.717, 1.165) is 24.8 Å². The highest BCUT2D eigenvalue weighted by molar-refractivity contribution is 6.00. The van der Waals surface area contributed by atoms with Crippen LogP contribution in [0.2, 0.25) is 0 Å². The lowest BCUT2D eigenvalue weighted by atomic mass is 10.0. The summed E-state index contributed by atoms with van der Waals surface area (Å²) in [6.07, 6.45) is 3.24. The number of ether oxygens (including phenoxy) is 1. The molecule has 0 saturated heterocycles. The number of hydrogen-bond acceptors (Lipinski definition) is 4. The molecule has 4 heteroatoms. The molecule has 120 valence electrons. The minimum absolute atomic E-state index is 0.177. The van der Waals surface area contributed by atoms with Gasteiger partial charge >= 0.3 is 5.97 Å². The topological polar surface area (TPSA) is 56.5 Å². The van der Waals surface area contributed by atoms with E-state index in [2.05, 4.69) is 0 Å². The van der Waals surface area contributed by atoms with E-state index in [1.165, 1.54) is 11.1 Å². The molecule has 0 spiro atoms. The van der Waals surface area contributed by atoms with Crippen LogP contribution in [0.5, 0.6) is 0 Å². The van der Waals surface area contributed by atoms with Crippen molar-refractivity contribution in [2.45, 2.75) is 40.0 Å². The Hall–Kier alpha value is -2.36. The summed E-state index contributed by atoms with van der Waals surface area (Å²) in [7, 11) is 0. The summed E-state index contributed by atoms with van der Waals surface area (Å²) in [5.74, 6) is 0.532. The maximum absolute atomic E-state index is 12.3. The van der Waals surface area contributed by atoms with E-state index in [9.17, 15) is 9.59 Å². The summed E-state index contributed by atoms with van der Waals surface area (Å²) in [4.78, 5) is 24.4. The van der Waals surface area contributed by atoms with Crippen molar-refractivity contribution in [1.29, 1.82) is 0 Å². The van der Waals surface area contributed by atoms with Crippen molar-refractivity contribution in [2.24, 2.45) is 0 Å². The van der Waals surface area contributed by atoms with E-state index in [4.69, 9.17) is 9.15 Å². The number of hydrogen-bond donors (Lipinski definition) is 0. The minimum atomic E-state index is -0.508. The Morgan fingerprint density at radius 1 is 1.09 bits per heavy atom. The molecule has 0 N–H and O–H groups in total. The molecule has 0 aliphatic heterocycles. The molecular weight excluding hydrogens is 292 g/mol. The van der Waals surface area contributed by atoms with Crippen molar-refractivity contribution in [2.75, 3.05) is 6.61 Å². The molecule has 3 rings (SSSR count). The van der Waals surface area contributed by atoms with Crippen molar-refractivity contribution in [3.8, 4) is 0 Å². The van der Waals surface area contributed by atoms with Crippen LogP contribution in [0.15, 0.2) is 22.6 Å². The summed E-state index contributed by atoms with van der Waals surface area (Å²) in [6, 6.07) is 5.75. The molecule has 0 fully saturated rings. The van der Waals surface area contributed by atoms with Gasteiger partial charge in [-0.2, -0.15) is 0 Å². The first-order valence-electron chi connectivity index (χ1n) is 7.86. The number of carbonyl (C=O) groups is 2. The van der Waals surface area contributed by atoms with Crippen molar-refractivity contribution in [3.05, 3.63) is 57.5 Å². The Labute approximate surface area is 135 Å². The van der Waals surface area contributed by atoms with Crippen molar-refractivity contribution < 1.29 is 18.7 Å². The number of ketones is 1. The van der Waals surface area contributed by atoms with Crippen LogP contribution in [0.3, 0.4) is 0 Å². The zero-order valence-electron chi connectivity index (χ0n) is 13.7.